The molecule has 9 atom stereocenters. The lowest BCUT2D eigenvalue weighted by molar-refractivity contribution is -0.169. The molecule has 0 spiro atoms. The summed E-state index contributed by atoms with van der Waals surface area (Å²) in [6.07, 6.45) is 12.7. The van der Waals surface area contributed by atoms with Crippen molar-refractivity contribution in [1.82, 2.24) is 16.0 Å². The Labute approximate surface area is 365 Å². The van der Waals surface area contributed by atoms with E-state index in [1.54, 1.807) is 32.1 Å². The Bertz CT molecular complexity index is 2710. The maximum absolute atomic E-state index is 14.2. The molecule has 0 amide bonds. The summed E-state index contributed by atoms with van der Waals surface area (Å²) < 4.78 is 20.7. The largest absolute Gasteiger partial charge is 0.508 e. The molecule has 5 aliphatic heterocycles. The number of esters is 1. The van der Waals surface area contributed by atoms with Gasteiger partial charge < -0.3 is 50.7 Å². The first-order valence-corrected chi connectivity index (χ1v) is 22.3. The molecule has 9 N–H and O–H groups in total. The van der Waals surface area contributed by atoms with Crippen molar-refractivity contribution in [2.24, 2.45) is 23.5 Å². The van der Waals surface area contributed by atoms with Gasteiger partial charge >= 0.3 is 5.97 Å². The predicted octanol–water partition coefficient (Wildman–Crippen LogP) is 5.48. The number of nitrogens with two attached hydrogens (primary N) is 1. The molecule has 330 valence electrons. The molecule has 2 aromatic carbocycles. The van der Waals surface area contributed by atoms with Crippen LogP contribution in [0.4, 0.5) is 0 Å². The van der Waals surface area contributed by atoms with E-state index in [9.17, 15) is 30.0 Å². The maximum atomic E-state index is 14.2. The SMILES string of the molecule is CC=C(C)C(=O)OC1Cc2c3c(c4oc(CO)cc(=O)c4c2O)C2C4=CCNC(N)=C4C(CCc4ccc(O)cc4C2CO)C2CCC4=C5C=CC(C)NC5NC=C4CC2C1(C)O3. The predicted molar refractivity (Wildman–Crippen MR) is 237 cm³/mol. The molecular formula is C50H56N4O9. The number of aliphatic hydroxyl groups is 2. The number of nitrogens with one attached hydrogen (secondary N) is 3. The second-order valence-corrected chi connectivity index (χ2v) is 18.6. The molecule has 9 unspecified atom stereocenters. The molecule has 10 rings (SSSR count). The number of aromatic hydroxyl groups is 2. The Morgan fingerprint density at radius 1 is 1.13 bits per heavy atom. The van der Waals surface area contributed by atoms with Gasteiger partial charge in [0.1, 0.15) is 64.3 Å². The molecule has 2 aliphatic carbocycles. The van der Waals surface area contributed by atoms with Crippen LogP contribution >= 0.6 is 0 Å². The van der Waals surface area contributed by atoms with Gasteiger partial charge in [-0.2, -0.15) is 0 Å². The van der Waals surface area contributed by atoms with E-state index in [0.717, 1.165) is 40.7 Å². The van der Waals surface area contributed by atoms with Gasteiger partial charge in [-0.25, -0.2) is 4.79 Å². The third-order valence-corrected chi connectivity index (χ3v) is 15.3. The van der Waals surface area contributed by atoms with Gasteiger partial charge in [-0.05, 0) is 123 Å². The number of rotatable bonds is 4. The Morgan fingerprint density at radius 2 is 1.95 bits per heavy atom. The fourth-order valence-electron chi connectivity index (χ4n) is 12.1. The van der Waals surface area contributed by atoms with E-state index >= 15 is 0 Å². The van der Waals surface area contributed by atoms with Crippen LogP contribution in [-0.4, -0.2) is 63.5 Å². The summed E-state index contributed by atoms with van der Waals surface area (Å²) in [6.45, 7) is 7.05. The molecule has 6 heterocycles. The molecule has 13 nitrogen and oxygen atoms in total. The molecule has 0 radical (unpaired) electrons. The van der Waals surface area contributed by atoms with Crippen LogP contribution < -0.4 is 31.8 Å². The summed E-state index contributed by atoms with van der Waals surface area (Å²) in [5.41, 5.74) is 13.5. The minimum absolute atomic E-state index is 0.00953. The van der Waals surface area contributed by atoms with Crippen LogP contribution in [0.15, 0.2) is 103 Å². The lowest BCUT2D eigenvalue weighted by Crippen LogP contribution is -2.59. The minimum Gasteiger partial charge on any atom is -0.508 e. The number of hydrogen-bond acceptors (Lipinski definition) is 13. The second-order valence-electron chi connectivity index (χ2n) is 18.6. The highest BCUT2D eigenvalue weighted by Gasteiger charge is 2.58. The highest BCUT2D eigenvalue weighted by molar-refractivity contribution is 5.92. The zero-order valence-corrected chi connectivity index (χ0v) is 36.1. The third kappa shape index (κ3) is 6.44. The number of carbonyl (C=O) groups excluding carboxylic acids is 1. The highest BCUT2D eigenvalue weighted by Crippen LogP contribution is 2.61. The molecular weight excluding hydrogens is 801 g/mol. The summed E-state index contributed by atoms with van der Waals surface area (Å²) in [5, 5.41) is 56.4. The van der Waals surface area contributed by atoms with Gasteiger partial charge in [-0.1, -0.05) is 30.4 Å². The highest BCUT2D eigenvalue weighted by atomic mass is 16.6. The monoisotopic (exact) mass is 856 g/mol. The first kappa shape index (κ1) is 41.3. The van der Waals surface area contributed by atoms with Crippen LogP contribution in [0.5, 0.6) is 17.2 Å². The van der Waals surface area contributed by atoms with Crippen LogP contribution in [0.3, 0.4) is 0 Å². The molecule has 4 bridgehead atoms. The summed E-state index contributed by atoms with van der Waals surface area (Å²) in [5.74, 6) is -2.25. The molecule has 1 fully saturated rings. The molecule has 3 aromatic rings. The quantitative estimate of drug-likeness (QED) is 0.121. The maximum Gasteiger partial charge on any atom is 0.333 e. The first-order valence-electron chi connectivity index (χ1n) is 22.3. The van der Waals surface area contributed by atoms with Crippen LogP contribution in [0.25, 0.3) is 11.0 Å². The summed E-state index contributed by atoms with van der Waals surface area (Å²) in [4.78, 5) is 28.3. The Balaban J connectivity index is 1.34. The normalized spacial score (nSPS) is 30.9. The number of allylic oxidation sites excluding steroid dienone is 5. The number of aliphatic hydroxyl groups excluding tert-OH is 2. The van der Waals surface area contributed by atoms with Gasteiger partial charge in [-0.3, -0.25) is 10.1 Å². The average molecular weight is 857 g/mol. The number of ether oxygens (including phenoxy) is 2. The number of fused-ring (bicyclic) bond motifs is 10. The van der Waals surface area contributed by atoms with Gasteiger partial charge in [0.05, 0.1) is 6.61 Å². The molecule has 13 heteroatoms. The van der Waals surface area contributed by atoms with Crippen molar-refractivity contribution in [3.8, 4) is 17.2 Å². The fourth-order valence-corrected chi connectivity index (χ4v) is 12.1. The topological polar surface area (TPSA) is 209 Å². The lowest BCUT2D eigenvalue weighted by atomic mass is 9.61. The van der Waals surface area contributed by atoms with E-state index < -0.39 is 41.5 Å². The second kappa shape index (κ2) is 15.5. The van der Waals surface area contributed by atoms with E-state index in [-0.39, 0.29) is 82.5 Å². The zero-order valence-electron chi connectivity index (χ0n) is 36.1. The van der Waals surface area contributed by atoms with E-state index in [0.29, 0.717) is 42.8 Å². The van der Waals surface area contributed by atoms with Gasteiger partial charge in [0, 0.05) is 65.7 Å². The van der Waals surface area contributed by atoms with Crippen molar-refractivity contribution < 1.29 is 39.1 Å². The van der Waals surface area contributed by atoms with E-state index in [1.165, 1.54) is 17.2 Å². The number of phenolic OH excluding ortho intramolecular Hbond substituents is 2. The first-order chi connectivity index (χ1) is 30.3. The summed E-state index contributed by atoms with van der Waals surface area (Å²) >= 11 is 0. The smallest absolute Gasteiger partial charge is 0.333 e. The van der Waals surface area contributed by atoms with E-state index in [1.807, 2.05) is 13.0 Å². The van der Waals surface area contributed by atoms with Crippen molar-refractivity contribution in [2.75, 3.05) is 13.2 Å². The molecule has 7 aliphatic rings. The van der Waals surface area contributed by atoms with E-state index in [4.69, 9.17) is 19.6 Å². The number of phenols is 2. The molecule has 1 saturated carbocycles. The van der Waals surface area contributed by atoms with E-state index in [2.05, 4.69) is 47.3 Å². The standard InChI is InChI=1S/C50H56N4O9/c1-5-23(2)49(60)62-39-19-35-44(59)42-38(58)18-28(21-55)61-46(42)43-40-33-14-15-52-47(51)41(33)31(11-8-25-7-9-27(57)17-34(25)36(40)22-56)30-13-12-29-26(16-37(30)50(39,4)63-45(35)43)20-53-48-32(29)10-6-24(3)54-48/h5-7,9-10,14,17-18,20,24,30-31,36-37,39-40,48,52-57,59H,8,11-13,15-16,19,21-22,51H2,1-4H3. The summed E-state index contributed by atoms with van der Waals surface area (Å²) in [6, 6.07) is 6.67. The number of benzene rings is 2. The van der Waals surface area contributed by atoms with Crippen molar-refractivity contribution in [3.63, 3.8) is 0 Å². The van der Waals surface area contributed by atoms with Crippen LogP contribution in [-0.2, 0) is 29.0 Å². The number of aryl methyl sites for hydroxylation is 1. The third-order valence-electron chi connectivity index (χ3n) is 15.3. The zero-order chi connectivity index (χ0) is 44.1. The van der Waals surface area contributed by atoms with Gasteiger partial charge in [-0.15, -0.1) is 0 Å². The number of dihydropyridines is 2. The summed E-state index contributed by atoms with van der Waals surface area (Å²) in [7, 11) is 0. The minimum atomic E-state index is -1.26. The molecule has 63 heavy (non-hydrogen) atoms. The van der Waals surface area contributed by atoms with Gasteiger partial charge in [0.2, 0.25) is 0 Å². The van der Waals surface area contributed by atoms with Crippen molar-refractivity contribution in [3.05, 3.63) is 132 Å². The van der Waals surface area contributed by atoms with Crippen LogP contribution in [0, 0.1) is 17.8 Å². The van der Waals surface area contributed by atoms with Gasteiger partial charge in [0.25, 0.3) is 0 Å². The van der Waals surface area contributed by atoms with Gasteiger partial charge in [0.15, 0.2) is 5.43 Å². The Morgan fingerprint density at radius 3 is 2.73 bits per heavy atom. The molecule has 1 aromatic heterocycles. The number of hydrogen-bond donors (Lipinski definition) is 8. The van der Waals surface area contributed by atoms with Crippen LogP contribution in [0.2, 0.25) is 0 Å². The Kier molecular flexibility index (Phi) is 10.1. The molecule has 0 saturated heterocycles. The van der Waals surface area contributed by atoms with Crippen molar-refractivity contribution in [1.29, 1.82) is 0 Å². The van der Waals surface area contributed by atoms with Crippen LogP contribution in [0.1, 0.15) is 93.2 Å². The van der Waals surface area contributed by atoms with Crippen molar-refractivity contribution >= 4 is 16.9 Å². The fraction of sp³-hybridized carbons (Fsp3) is 0.440. The lowest BCUT2D eigenvalue weighted by Gasteiger charge is -2.52. The Hall–Kier alpha value is -5.76. The number of carbonyl (C=O) groups is 1. The average Bonchev–Trinajstić information content (AvgIpc) is 3.44. The van der Waals surface area contributed by atoms with Crippen molar-refractivity contribution in [2.45, 2.75) is 109 Å².